The lowest BCUT2D eigenvalue weighted by molar-refractivity contribution is 0.0746. The van der Waals surface area contributed by atoms with Crippen LogP contribution in [0.4, 0.5) is 10.1 Å². The van der Waals surface area contributed by atoms with Crippen LogP contribution in [0.5, 0.6) is 5.75 Å². The summed E-state index contributed by atoms with van der Waals surface area (Å²) >= 11 is 0. The first-order valence-corrected chi connectivity index (χ1v) is 7.61. The second kappa shape index (κ2) is 6.69. The Labute approximate surface area is 135 Å². The molecule has 1 fully saturated rings. The van der Waals surface area contributed by atoms with E-state index >= 15 is 0 Å². The van der Waals surface area contributed by atoms with Crippen molar-refractivity contribution in [3.63, 3.8) is 0 Å². The summed E-state index contributed by atoms with van der Waals surface area (Å²) in [4.78, 5) is 16.5. The normalized spacial score (nSPS) is 14.7. The Kier molecular flexibility index (Phi) is 4.46. The van der Waals surface area contributed by atoms with Gasteiger partial charge in [0.15, 0.2) is 0 Å². The average Bonchev–Trinajstić information content (AvgIpc) is 2.61. The molecule has 1 heterocycles. The zero-order chi connectivity index (χ0) is 16.2. The minimum atomic E-state index is -0.239. The van der Waals surface area contributed by atoms with Gasteiger partial charge in [0, 0.05) is 37.4 Å². The molecule has 0 spiro atoms. The molecule has 2 aromatic carbocycles. The Morgan fingerprint density at radius 1 is 1.04 bits per heavy atom. The quantitative estimate of drug-likeness (QED) is 0.873. The predicted molar refractivity (Wildman–Crippen MR) is 87.5 cm³/mol. The van der Waals surface area contributed by atoms with Gasteiger partial charge < -0.3 is 14.5 Å². The number of hydrogen-bond acceptors (Lipinski definition) is 3. The maximum absolute atomic E-state index is 13.3. The zero-order valence-corrected chi connectivity index (χ0v) is 13.0. The molecule has 5 heteroatoms. The van der Waals surface area contributed by atoms with Gasteiger partial charge >= 0.3 is 0 Å². The van der Waals surface area contributed by atoms with E-state index in [1.165, 1.54) is 12.1 Å². The predicted octanol–water partition coefficient (Wildman–Crippen LogP) is 2.80. The molecule has 2 aromatic rings. The summed E-state index contributed by atoms with van der Waals surface area (Å²) in [6.07, 6.45) is 0. The average molecular weight is 314 g/mol. The molecule has 120 valence electrons. The molecule has 1 amide bonds. The first-order chi connectivity index (χ1) is 11.2. The molecular weight excluding hydrogens is 295 g/mol. The van der Waals surface area contributed by atoms with Gasteiger partial charge in [0.05, 0.1) is 7.11 Å². The van der Waals surface area contributed by atoms with E-state index in [0.29, 0.717) is 37.5 Å². The number of rotatable bonds is 3. The minimum absolute atomic E-state index is 0.00259. The van der Waals surface area contributed by atoms with Crippen LogP contribution in [0.3, 0.4) is 0 Å². The van der Waals surface area contributed by atoms with E-state index in [4.69, 9.17) is 4.74 Å². The summed E-state index contributed by atoms with van der Waals surface area (Å²) in [5.41, 5.74) is 1.49. The highest BCUT2D eigenvalue weighted by molar-refractivity contribution is 5.94. The summed E-state index contributed by atoms with van der Waals surface area (Å²) in [6, 6.07) is 13.7. The SMILES string of the molecule is COc1cccc(C(=O)N2CCN(c3cccc(F)c3)CC2)c1. The molecule has 1 aliphatic heterocycles. The first-order valence-electron chi connectivity index (χ1n) is 7.61. The lowest BCUT2D eigenvalue weighted by Crippen LogP contribution is -2.48. The number of carbonyl (C=O) groups excluding carboxylic acids is 1. The van der Waals surface area contributed by atoms with Gasteiger partial charge in [-0.05, 0) is 36.4 Å². The fourth-order valence-electron chi connectivity index (χ4n) is 2.78. The number of hydrogen-bond donors (Lipinski definition) is 0. The van der Waals surface area contributed by atoms with Gasteiger partial charge in [0.2, 0.25) is 0 Å². The lowest BCUT2D eigenvalue weighted by Gasteiger charge is -2.36. The van der Waals surface area contributed by atoms with Gasteiger partial charge in [-0.15, -0.1) is 0 Å². The molecule has 0 saturated carbocycles. The van der Waals surface area contributed by atoms with Gasteiger partial charge in [0.25, 0.3) is 5.91 Å². The number of ether oxygens (including phenoxy) is 1. The van der Waals surface area contributed by atoms with Crippen molar-refractivity contribution in [1.29, 1.82) is 0 Å². The van der Waals surface area contributed by atoms with Crippen LogP contribution < -0.4 is 9.64 Å². The summed E-state index contributed by atoms with van der Waals surface area (Å²) in [6.45, 7) is 2.62. The molecule has 0 aliphatic carbocycles. The summed E-state index contributed by atoms with van der Waals surface area (Å²) in [5.74, 6) is 0.439. The van der Waals surface area contributed by atoms with Crippen molar-refractivity contribution in [2.75, 3.05) is 38.2 Å². The molecule has 0 radical (unpaired) electrons. The van der Waals surface area contributed by atoms with Gasteiger partial charge in [-0.2, -0.15) is 0 Å². The van der Waals surface area contributed by atoms with E-state index < -0.39 is 0 Å². The van der Waals surface area contributed by atoms with Crippen LogP contribution in [-0.4, -0.2) is 44.1 Å². The number of methoxy groups -OCH3 is 1. The Morgan fingerprint density at radius 2 is 1.78 bits per heavy atom. The largest absolute Gasteiger partial charge is 0.497 e. The number of amides is 1. The molecule has 0 N–H and O–H groups in total. The van der Waals surface area contributed by atoms with E-state index in [9.17, 15) is 9.18 Å². The molecule has 0 aromatic heterocycles. The van der Waals surface area contributed by atoms with Crippen LogP contribution in [0, 0.1) is 5.82 Å². The Balaban J connectivity index is 1.65. The molecule has 1 saturated heterocycles. The van der Waals surface area contributed by atoms with Crippen LogP contribution in [0.15, 0.2) is 48.5 Å². The van der Waals surface area contributed by atoms with Crippen molar-refractivity contribution < 1.29 is 13.9 Å². The van der Waals surface area contributed by atoms with E-state index in [2.05, 4.69) is 4.90 Å². The van der Waals surface area contributed by atoms with Gasteiger partial charge in [-0.3, -0.25) is 4.79 Å². The number of anilines is 1. The van der Waals surface area contributed by atoms with Crippen molar-refractivity contribution in [2.45, 2.75) is 0 Å². The number of piperazine rings is 1. The minimum Gasteiger partial charge on any atom is -0.497 e. The van der Waals surface area contributed by atoms with Crippen LogP contribution in [0.1, 0.15) is 10.4 Å². The summed E-state index contributed by atoms with van der Waals surface area (Å²) in [5, 5.41) is 0. The molecule has 23 heavy (non-hydrogen) atoms. The molecule has 4 nitrogen and oxygen atoms in total. The third-order valence-corrected chi connectivity index (χ3v) is 4.06. The molecular formula is C18H19FN2O2. The second-order valence-corrected chi connectivity index (χ2v) is 5.49. The highest BCUT2D eigenvalue weighted by atomic mass is 19.1. The van der Waals surface area contributed by atoms with E-state index in [0.717, 1.165) is 5.69 Å². The number of halogens is 1. The molecule has 0 atom stereocenters. The van der Waals surface area contributed by atoms with E-state index in [1.54, 1.807) is 25.3 Å². The Bertz CT molecular complexity index is 697. The van der Waals surface area contributed by atoms with Gasteiger partial charge in [-0.1, -0.05) is 12.1 Å². The maximum Gasteiger partial charge on any atom is 0.254 e. The van der Waals surface area contributed by atoms with Crippen molar-refractivity contribution >= 4 is 11.6 Å². The highest BCUT2D eigenvalue weighted by Crippen LogP contribution is 2.19. The maximum atomic E-state index is 13.3. The molecule has 0 unspecified atom stereocenters. The highest BCUT2D eigenvalue weighted by Gasteiger charge is 2.22. The Morgan fingerprint density at radius 3 is 2.48 bits per heavy atom. The fraction of sp³-hybridized carbons (Fsp3) is 0.278. The van der Waals surface area contributed by atoms with Crippen LogP contribution in [0.25, 0.3) is 0 Å². The molecule has 1 aliphatic rings. The summed E-state index contributed by atoms with van der Waals surface area (Å²) in [7, 11) is 1.58. The van der Waals surface area contributed by atoms with Crippen LogP contribution in [0.2, 0.25) is 0 Å². The van der Waals surface area contributed by atoms with Crippen molar-refractivity contribution in [1.82, 2.24) is 4.90 Å². The van der Waals surface area contributed by atoms with Gasteiger partial charge in [-0.25, -0.2) is 4.39 Å². The van der Waals surface area contributed by atoms with Crippen LogP contribution in [-0.2, 0) is 0 Å². The van der Waals surface area contributed by atoms with Crippen molar-refractivity contribution in [3.8, 4) is 5.75 Å². The second-order valence-electron chi connectivity index (χ2n) is 5.49. The standard InChI is InChI=1S/C18H19FN2O2/c1-23-17-7-2-4-14(12-17)18(22)21-10-8-20(9-11-21)16-6-3-5-15(19)13-16/h2-7,12-13H,8-11H2,1H3. The van der Waals surface area contributed by atoms with E-state index in [-0.39, 0.29) is 11.7 Å². The molecule has 0 bridgehead atoms. The molecule has 3 rings (SSSR count). The fourth-order valence-corrected chi connectivity index (χ4v) is 2.78. The zero-order valence-electron chi connectivity index (χ0n) is 13.0. The third-order valence-electron chi connectivity index (χ3n) is 4.06. The summed E-state index contributed by atoms with van der Waals surface area (Å²) < 4.78 is 18.5. The Hall–Kier alpha value is -2.56. The third kappa shape index (κ3) is 3.44. The van der Waals surface area contributed by atoms with Crippen LogP contribution >= 0.6 is 0 Å². The monoisotopic (exact) mass is 314 g/mol. The van der Waals surface area contributed by atoms with Crippen molar-refractivity contribution in [3.05, 3.63) is 59.9 Å². The lowest BCUT2D eigenvalue weighted by atomic mass is 10.1. The number of nitrogens with zero attached hydrogens (tertiary/aromatic N) is 2. The van der Waals surface area contributed by atoms with E-state index in [1.807, 2.05) is 23.1 Å². The number of carbonyl (C=O) groups is 1. The smallest absolute Gasteiger partial charge is 0.254 e. The van der Waals surface area contributed by atoms with Crippen molar-refractivity contribution in [2.24, 2.45) is 0 Å². The topological polar surface area (TPSA) is 32.8 Å². The first kappa shape index (κ1) is 15.3. The number of benzene rings is 2. The van der Waals surface area contributed by atoms with Gasteiger partial charge in [0.1, 0.15) is 11.6 Å².